The Balaban J connectivity index is 1.40. The summed E-state index contributed by atoms with van der Waals surface area (Å²) in [6.07, 6.45) is 2.70. The Bertz CT molecular complexity index is 789. The summed E-state index contributed by atoms with van der Waals surface area (Å²) >= 11 is 0. The molecule has 2 aliphatic rings. The highest BCUT2D eigenvalue weighted by Crippen LogP contribution is 2.31. The average Bonchev–Trinajstić information content (AvgIpc) is 3.00. The molecule has 0 N–H and O–H groups in total. The fraction of sp³-hybridized carbons (Fsp3) is 0.550. The lowest BCUT2D eigenvalue weighted by atomic mass is 9.91. The third kappa shape index (κ3) is 3.23. The molecule has 2 saturated heterocycles. The maximum atomic E-state index is 15.3. The van der Waals surface area contributed by atoms with Gasteiger partial charge >= 0.3 is 0 Å². The van der Waals surface area contributed by atoms with Crippen LogP contribution in [0.4, 0.5) is 4.39 Å². The molecule has 3 heterocycles. The largest absolute Gasteiger partial charge is 0.378 e. The van der Waals surface area contributed by atoms with E-state index >= 15 is 4.39 Å². The molecule has 0 atom stereocenters. The summed E-state index contributed by atoms with van der Waals surface area (Å²) in [5.41, 5.74) is 0.753. The van der Waals surface area contributed by atoms with Gasteiger partial charge in [-0.2, -0.15) is 0 Å². The van der Waals surface area contributed by atoms with Crippen molar-refractivity contribution in [2.45, 2.75) is 25.1 Å². The van der Waals surface area contributed by atoms with E-state index in [2.05, 4.69) is 40.9 Å². The molecule has 0 unspecified atom stereocenters. The summed E-state index contributed by atoms with van der Waals surface area (Å²) in [4.78, 5) is 16.5. The molecular weight excluding hydrogens is 333 g/mol. The number of aromatic nitrogens is 1. The van der Waals surface area contributed by atoms with Crippen LogP contribution in [0.2, 0.25) is 0 Å². The summed E-state index contributed by atoms with van der Waals surface area (Å²) in [6.45, 7) is 4.03. The highest BCUT2D eigenvalue weighted by molar-refractivity contribution is 5.85. The van der Waals surface area contributed by atoms with Crippen LogP contribution in [0, 0.1) is 0 Å². The second-order valence-corrected chi connectivity index (χ2v) is 7.43. The summed E-state index contributed by atoms with van der Waals surface area (Å²) < 4.78 is 22.7. The third-order valence-electron chi connectivity index (χ3n) is 5.70. The van der Waals surface area contributed by atoms with Gasteiger partial charge in [0.05, 0.1) is 13.2 Å². The smallest absolute Gasteiger partial charge is 0.260 e. The zero-order chi connectivity index (χ0) is 18.1. The zero-order valence-corrected chi connectivity index (χ0v) is 15.3. The van der Waals surface area contributed by atoms with Crippen LogP contribution in [0.3, 0.4) is 0 Å². The van der Waals surface area contributed by atoms with Gasteiger partial charge in [-0.25, -0.2) is 4.39 Å². The summed E-state index contributed by atoms with van der Waals surface area (Å²) in [5.74, 6) is -0.342. The number of alkyl halides is 1. The lowest BCUT2D eigenvalue weighted by molar-refractivity contribution is -0.151. The Morgan fingerprint density at radius 3 is 2.58 bits per heavy atom. The van der Waals surface area contributed by atoms with Crippen LogP contribution in [0.15, 0.2) is 30.5 Å². The van der Waals surface area contributed by atoms with Gasteiger partial charge in [-0.15, -0.1) is 0 Å². The molecule has 5 nitrogen and oxygen atoms in total. The lowest BCUT2D eigenvalue weighted by Crippen LogP contribution is -2.54. The number of fused-ring (bicyclic) bond motifs is 1. The zero-order valence-electron chi connectivity index (χ0n) is 15.3. The fourth-order valence-electron chi connectivity index (χ4n) is 4.12. The first-order valence-corrected chi connectivity index (χ1v) is 9.38. The number of carbonyl (C=O) groups excluding carboxylic acids is 1. The Labute approximate surface area is 153 Å². The van der Waals surface area contributed by atoms with Gasteiger partial charge in [0.15, 0.2) is 5.67 Å². The van der Waals surface area contributed by atoms with E-state index in [4.69, 9.17) is 4.74 Å². The topological polar surface area (TPSA) is 37.7 Å². The Morgan fingerprint density at radius 2 is 1.85 bits per heavy atom. The second kappa shape index (κ2) is 7.00. The van der Waals surface area contributed by atoms with E-state index < -0.39 is 5.67 Å². The molecule has 4 rings (SSSR count). The minimum Gasteiger partial charge on any atom is -0.378 e. The molecule has 2 aromatic rings. The van der Waals surface area contributed by atoms with E-state index in [1.807, 2.05) is 6.07 Å². The van der Waals surface area contributed by atoms with E-state index in [1.165, 1.54) is 16.5 Å². The maximum Gasteiger partial charge on any atom is 0.260 e. The number of hydrogen-bond donors (Lipinski definition) is 0. The van der Waals surface area contributed by atoms with Crippen molar-refractivity contribution in [2.24, 2.45) is 7.05 Å². The predicted octanol–water partition coefficient (Wildman–Crippen LogP) is 2.34. The number of aryl methyl sites for hydroxylation is 1. The van der Waals surface area contributed by atoms with E-state index in [-0.39, 0.29) is 18.7 Å². The molecule has 0 spiro atoms. The number of nitrogens with zero attached hydrogens (tertiary/aromatic N) is 3. The van der Waals surface area contributed by atoms with E-state index in [0.717, 1.165) is 6.54 Å². The lowest BCUT2D eigenvalue weighted by Gasteiger charge is -2.39. The molecule has 0 aliphatic carbocycles. The number of piperidine rings is 1. The highest BCUT2D eigenvalue weighted by Gasteiger charge is 2.44. The molecule has 140 valence electrons. The van der Waals surface area contributed by atoms with Crippen molar-refractivity contribution in [3.8, 4) is 0 Å². The monoisotopic (exact) mass is 359 g/mol. The van der Waals surface area contributed by atoms with Crippen molar-refractivity contribution in [1.82, 2.24) is 14.4 Å². The van der Waals surface area contributed by atoms with Crippen molar-refractivity contribution in [3.63, 3.8) is 0 Å². The van der Waals surface area contributed by atoms with E-state index in [9.17, 15) is 4.79 Å². The van der Waals surface area contributed by atoms with Gasteiger partial charge in [0, 0.05) is 69.7 Å². The van der Waals surface area contributed by atoms with Crippen LogP contribution in [0.1, 0.15) is 18.4 Å². The number of halogens is 1. The van der Waals surface area contributed by atoms with Crippen molar-refractivity contribution < 1.29 is 13.9 Å². The van der Waals surface area contributed by atoms with Crippen LogP contribution in [0.5, 0.6) is 0 Å². The number of para-hydroxylation sites is 1. The van der Waals surface area contributed by atoms with Gasteiger partial charge in [0.25, 0.3) is 5.91 Å². The molecule has 1 aromatic heterocycles. The molecule has 6 heteroatoms. The van der Waals surface area contributed by atoms with Crippen molar-refractivity contribution in [2.75, 3.05) is 39.4 Å². The Hall–Kier alpha value is -1.92. The Kier molecular flexibility index (Phi) is 4.71. The van der Waals surface area contributed by atoms with Crippen LogP contribution >= 0.6 is 0 Å². The van der Waals surface area contributed by atoms with Crippen molar-refractivity contribution in [1.29, 1.82) is 0 Å². The van der Waals surface area contributed by atoms with E-state index in [0.29, 0.717) is 39.4 Å². The van der Waals surface area contributed by atoms with Gasteiger partial charge in [-0.3, -0.25) is 9.69 Å². The highest BCUT2D eigenvalue weighted by atomic mass is 19.1. The van der Waals surface area contributed by atoms with Crippen LogP contribution in [-0.2, 0) is 23.1 Å². The van der Waals surface area contributed by atoms with Crippen molar-refractivity contribution >= 4 is 16.8 Å². The molecule has 2 aliphatic heterocycles. The number of ether oxygens (including phenoxy) is 1. The van der Waals surface area contributed by atoms with Crippen LogP contribution in [0.25, 0.3) is 10.9 Å². The van der Waals surface area contributed by atoms with Gasteiger partial charge in [0.2, 0.25) is 0 Å². The SMILES string of the molecule is Cn1cc(CN2CCC(F)(C(=O)N3CCOCC3)CC2)c2ccccc21. The number of amides is 1. The molecule has 1 amide bonds. The van der Waals surface area contributed by atoms with Crippen LogP contribution < -0.4 is 0 Å². The minimum absolute atomic E-state index is 0.272. The first kappa shape index (κ1) is 17.5. The molecule has 1 aromatic carbocycles. The molecular formula is C20H26FN3O2. The molecule has 0 saturated carbocycles. The van der Waals surface area contributed by atoms with E-state index in [1.54, 1.807) is 4.90 Å². The molecule has 2 fully saturated rings. The first-order chi connectivity index (χ1) is 12.6. The number of likely N-dealkylation sites (tertiary alicyclic amines) is 1. The second-order valence-electron chi connectivity index (χ2n) is 7.43. The van der Waals surface area contributed by atoms with Crippen molar-refractivity contribution in [3.05, 3.63) is 36.0 Å². The molecule has 0 bridgehead atoms. The summed E-state index contributed by atoms with van der Waals surface area (Å²) in [6, 6.07) is 8.34. The minimum atomic E-state index is -1.72. The number of hydrogen-bond acceptors (Lipinski definition) is 3. The molecule has 26 heavy (non-hydrogen) atoms. The number of rotatable bonds is 3. The van der Waals surface area contributed by atoms with Gasteiger partial charge in [-0.1, -0.05) is 18.2 Å². The average molecular weight is 359 g/mol. The Morgan fingerprint density at radius 1 is 1.15 bits per heavy atom. The molecule has 0 radical (unpaired) electrons. The van der Waals surface area contributed by atoms with Gasteiger partial charge in [-0.05, 0) is 11.6 Å². The quantitative estimate of drug-likeness (QED) is 0.844. The maximum absolute atomic E-state index is 15.3. The van der Waals surface area contributed by atoms with Gasteiger partial charge in [0.1, 0.15) is 0 Å². The summed E-state index contributed by atoms with van der Waals surface area (Å²) in [7, 11) is 2.05. The predicted molar refractivity (Wildman–Crippen MR) is 98.7 cm³/mol. The first-order valence-electron chi connectivity index (χ1n) is 9.38. The third-order valence-corrected chi connectivity index (χ3v) is 5.70. The number of morpholine rings is 1. The van der Waals surface area contributed by atoms with Gasteiger partial charge < -0.3 is 14.2 Å². The number of benzene rings is 1. The fourth-order valence-corrected chi connectivity index (χ4v) is 4.12. The normalized spacial score (nSPS) is 21.2. The van der Waals surface area contributed by atoms with Crippen LogP contribution in [-0.4, -0.2) is 65.3 Å². The standard InChI is InChI=1S/C20H26FN3O2/c1-22-14-16(17-4-2-3-5-18(17)22)15-23-8-6-20(21,7-9-23)19(25)24-10-12-26-13-11-24/h2-5,14H,6-13,15H2,1H3. The number of carbonyl (C=O) groups is 1. The summed E-state index contributed by atoms with van der Waals surface area (Å²) in [5, 5.41) is 1.25.